The molecule has 0 aliphatic heterocycles. The number of nitrogens with one attached hydrogen (secondary N) is 1. The van der Waals surface area contributed by atoms with E-state index in [-0.39, 0.29) is 5.88 Å². The van der Waals surface area contributed by atoms with Crippen LogP contribution in [0.5, 0.6) is 17.4 Å². The van der Waals surface area contributed by atoms with Crippen molar-refractivity contribution >= 4 is 28.1 Å². The first-order valence-electron chi connectivity index (χ1n) is 8.28. The van der Waals surface area contributed by atoms with Crippen LogP contribution in [0.3, 0.4) is 0 Å². The molecule has 0 aliphatic carbocycles. The number of anilines is 3. The summed E-state index contributed by atoms with van der Waals surface area (Å²) in [5, 5.41) is 4.24. The minimum Gasteiger partial charge on any atom is -0.497 e. The Morgan fingerprint density at radius 3 is 2.48 bits per heavy atom. The zero-order valence-corrected chi connectivity index (χ0v) is 14.6. The third-order valence-corrected chi connectivity index (χ3v) is 4.01. The highest BCUT2D eigenvalue weighted by Gasteiger charge is 2.12. The molecule has 0 radical (unpaired) electrons. The zero-order chi connectivity index (χ0) is 18.6. The van der Waals surface area contributed by atoms with Crippen LogP contribution in [0.4, 0.5) is 17.2 Å². The summed E-state index contributed by atoms with van der Waals surface area (Å²) >= 11 is 0. The smallest absolute Gasteiger partial charge is 0.248 e. The van der Waals surface area contributed by atoms with Crippen LogP contribution in [0.25, 0.3) is 10.9 Å². The first-order chi connectivity index (χ1) is 13.2. The number of hydrogen-bond acceptors (Lipinski definition) is 7. The quantitative estimate of drug-likeness (QED) is 0.552. The molecule has 0 atom stereocenters. The van der Waals surface area contributed by atoms with Gasteiger partial charge in [0, 0.05) is 11.6 Å². The predicted octanol–water partition coefficient (Wildman–Crippen LogP) is 4.15. The number of aromatic nitrogens is 3. The molecule has 0 unspecified atom stereocenters. The van der Waals surface area contributed by atoms with Gasteiger partial charge in [0.05, 0.1) is 18.3 Å². The van der Waals surface area contributed by atoms with E-state index in [1.807, 2.05) is 30.3 Å². The maximum Gasteiger partial charge on any atom is 0.248 e. The van der Waals surface area contributed by atoms with Crippen molar-refractivity contribution in [3.63, 3.8) is 0 Å². The van der Waals surface area contributed by atoms with Gasteiger partial charge in [-0.25, -0.2) is 4.98 Å². The lowest BCUT2D eigenvalue weighted by molar-refractivity contribution is 0.412. The Bertz CT molecular complexity index is 1080. The van der Waals surface area contributed by atoms with Crippen LogP contribution in [-0.4, -0.2) is 22.1 Å². The van der Waals surface area contributed by atoms with Crippen LogP contribution in [-0.2, 0) is 0 Å². The molecule has 7 nitrogen and oxygen atoms in total. The Kier molecular flexibility index (Phi) is 4.40. The number of methoxy groups -OCH3 is 1. The molecule has 7 heteroatoms. The molecular formula is C20H17N5O2. The van der Waals surface area contributed by atoms with Crippen molar-refractivity contribution in [2.45, 2.75) is 0 Å². The van der Waals surface area contributed by atoms with Crippen LogP contribution in [0, 0.1) is 0 Å². The van der Waals surface area contributed by atoms with Gasteiger partial charge in [-0.2, -0.15) is 4.98 Å². The number of nitrogens with two attached hydrogens (primary N) is 1. The zero-order valence-electron chi connectivity index (χ0n) is 14.6. The van der Waals surface area contributed by atoms with Gasteiger partial charge in [0.1, 0.15) is 23.5 Å². The summed E-state index contributed by atoms with van der Waals surface area (Å²) < 4.78 is 10.9. The molecule has 3 N–H and O–H groups in total. The van der Waals surface area contributed by atoms with Crippen molar-refractivity contribution < 1.29 is 9.47 Å². The average molecular weight is 359 g/mol. The van der Waals surface area contributed by atoms with E-state index in [0.717, 1.165) is 22.3 Å². The molecule has 0 saturated carbocycles. The van der Waals surface area contributed by atoms with Gasteiger partial charge in [-0.1, -0.05) is 18.2 Å². The van der Waals surface area contributed by atoms with Crippen LogP contribution in [0.2, 0.25) is 0 Å². The van der Waals surface area contributed by atoms with Gasteiger partial charge in [-0.15, -0.1) is 0 Å². The summed E-state index contributed by atoms with van der Waals surface area (Å²) in [4.78, 5) is 12.8. The largest absolute Gasteiger partial charge is 0.497 e. The standard InChI is InChI=1S/C20H17N5O2/c1-26-14-7-9-15(10-8-14)27-20-17(21)19(23-12-24-20)25-16-6-2-4-13-5-3-11-22-18(13)16/h2-12H,21H2,1H3,(H,23,24,25). The van der Waals surface area contributed by atoms with Crippen molar-refractivity contribution in [3.8, 4) is 17.4 Å². The number of ether oxygens (including phenoxy) is 2. The molecule has 2 heterocycles. The summed E-state index contributed by atoms with van der Waals surface area (Å²) in [7, 11) is 1.61. The van der Waals surface area contributed by atoms with Gasteiger partial charge in [0.25, 0.3) is 0 Å². The van der Waals surface area contributed by atoms with E-state index in [9.17, 15) is 0 Å². The molecule has 2 aromatic heterocycles. The molecule has 0 saturated heterocycles. The van der Waals surface area contributed by atoms with Crippen molar-refractivity contribution in [2.24, 2.45) is 0 Å². The molecule has 4 aromatic rings. The Morgan fingerprint density at radius 1 is 0.889 bits per heavy atom. The van der Waals surface area contributed by atoms with Crippen molar-refractivity contribution in [1.82, 2.24) is 15.0 Å². The van der Waals surface area contributed by atoms with Gasteiger partial charge in [-0.3, -0.25) is 4.98 Å². The Labute approximate surface area is 155 Å². The number of nitrogen functional groups attached to an aromatic ring is 1. The Morgan fingerprint density at radius 2 is 1.67 bits per heavy atom. The second-order valence-corrected chi connectivity index (χ2v) is 5.72. The number of para-hydroxylation sites is 1. The molecule has 0 spiro atoms. The molecule has 2 aromatic carbocycles. The van der Waals surface area contributed by atoms with Gasteiger partial charge >= 0.3 is 0 Å². The third-order valence-electron chi connectivity index (χ3n) is 4.01. The lowest BCUT2D eigenvalue weighted by Crippen LogP contribution is -2.03. The van der Waals surface area contributed by atoms with E-state index in [2.05, 4.69) is 20.3 Å². The van der Waals surface area contributed by atoms with Gasteiger partial charge in [-0.05, 0) is 36.4 Å². The van der Waals surface area contributed by atoms with E-state index in [4.69, 9.17) is 15.2 Å². The van der Waals surface area contributed by atoms with Crippen LogP contribution >= 0.6 is 0 Å². The second kappa shape index (κ2) is 7.17. The van der Waals surface area contributed by atoms with Crippen LogP contribution in [0.1, 0.15) is 0 Å². The topological polar surface area (TPSA) is 95.2 Å². The number of nitrogens with zero attached hydrogens (tertiary/aromatic N) is 3. The number of fused-ring (bicyclic) bond motifs is 1. The first-order valence-corrected chi connectivity index (χ1v) is 8.28. The highest BCUT2D eigenvalue weighted by Crippen LogP contribution is 2.32. The molecule has 0 amide bonds. The monoisotopic (exact) mass is 359 g/mol. The number of benzene rings is 2. The summed E-state index contributed by atoms with van der Waals surface area (Å²) in [5.41, 5.74) is 8.16. The minimum absolute atomic E-state index is 0.269. The van der Waals surface area contributed by atoms with E-state index in [1.165, 1.54) is 6.33 Å². The molecule has 4 rings (SSSR count). The molecule has 0 fully saturated rings. The fourth-order valence-electron chi connectivity index (χ4n) is 2.65. The highest BCUT2D eigenvalue weighted by atomic mass is 16.5. The van der Waals surface area contributed by atoms with Crippen LogP contribution in [0.15, 0.2) is 67.1 Å². The maximum atomic E-state index is 6.22. The lowest BCUT2D eigenvalue weighted by Gasteiger charge is -2.13. The number of rotatable bonds is 5. The average Bonchev–Trinajstić information content (AvgIpc) is 2.72. The summed E-state index contributed by atoms with van der Waals surface area (Å²) in [6.45, 7) is 0. The van der Waals surface area contributed by atoms with E-state index in [1.54, 1.807) is 37.6 Å². The van der Waals surface area contributed by atoms with Gasteiger partial charge in [0.2, 0.25) is 5.88 Å². The predicted molar refractivity (Wildman–Crippen MR) is 105 cm³/mol. The maximum absolute atomic E-state index is 6.22. The van der Waals surface area contributed by atoms with Crippen molar-refractivity contribution in [1.29, 1.82) is 0 Å². The normalized spacial score (nSPS) is 10.6. The fourth-order valence-corrected chi connectivity index (χ4v) is 2.65. The summed E-state index contributed by atoms with van der Waals surface area (Å²) in [6, 6.07) is 16.9. The molecule has 27 heavy (non-hydrogen) atoms. The molecule has 0 bridgehead atoms. The van der Waals surface area contributed by atoms with Crippen molar-refractivity contribution in [2.75, 3.05) is 18.2 Å². The fraction of sp³-hybridized carbons (Fsp3) is 0.0500. The SMILES string of the molecule is COc1ccc(Oc2ncnc(Nc3cccc4cccnc34)c2N)cc1. The number of pyridine rings is 1. The highest BCUT2D eigenvalue weighted by molar-refractivity contribution is 5.92. The Hall–Kier alpha value is -3.87. The summed E-state index contributed by atoms with van der Waals surface area (Å²) in [5.74, 6) is 2.06. The minimum atomic E-state index is 0.269. The Balaban J connectivity index is 1.63. The van der Waals surface area contributed by atoms with E-state index >= 15 is 0 Å². The number of hydrogen-bond donors (Lipinski definition) is 2. The third kappa shape index (κ3) is 3.43. The molecular weight excluding hydrogens is 342 g/mol. The molecule has 0 aliphatic rings. The van der Waals surface area contributed by atoms with Gasteiger partial charge < -0.3 is 20.5 Å². The van der Waals surface area contributed by atoms with Crippen molar-refractivity contribution in [3.05, 3.63) is 67.1 Å². The summed E-state index contributed by atoms with van der Waals surface area (Å²) in [6.07, 6.45) is 3.14. The van der Waals surface area contributed by atoms with E-state index in [0.29, 0.717) is 17.3 Å². The molecule has 134 valence electrons. The van der Waals surface area contributed by atoms with Gasteiger partial charge in [0.15, 0.2) is 5.82 Å². The van der Waals surface area contributed by atoms with E-state index < -0.39 is 0 Å². The lowest BCUT2D eigenvalue weighted by atomic mass is 10.2. The first kappa shape index (κ1) is 16.6. The second-order valence-electron chi connectivity index (χ2n) is 5.72. The van der Waals surface area contributed by atoms with Crippen LogP contribution < -0.4 is 20.5 Å².